The van der Waals surface area contributed by atoms with Crippen molar-refractivity contribution in [3.8, 4) is 51.3 Å². The molecule has 208 valence electrons. The first-order valence-corrected chi connectivity index (χ1v) is 14.6. The molecular formula is C38H23ClN4O. The Morgan fingerprint density at radius 3 is 2.20 bits per heavy atom. The van der Waals surface area contributed by atoms with E-state index in [1.54, 1.807) is 7.11 Å². The maximum absolute atomic E-state index is 10.4. The maximum atomic E-state index is 10.4. The molecule has 8 rings (SSSR count). The second kappa shape index (κ2) is 10.2. The Morgan fingerprint density at radius 1 is 0.727 bits per heavy atom. The molecule has 0 N–H and O–H groups in total. The quantitative estimate of drug-likeness (QED) is 0.188. The normalized spacial score (nSPS) is 11.4. The molecule has 0 unspecified atom stereocenters. The average Bonchev–Trinajstić information content (AvgIpc) is 3.52. The molecule has 0 fully saturated rings. The lowest BCUT2D eigenvalue weighted by atomic mass is 9.89. The van der Waals surface area contributed by atoms with Crippen molar-refractivity contribution in [2.45, 2.75) is 0 Å². The Morgan fingerprint density at radius 2 is 1.45 bits per heavy atom. The van der Waals surface area contributed by atoms with Crippen molar-refractivity contribution in [1.29, 1.82) is 5.26 Å². The van der Waals surface area contributed by atoms with Crippen molar-refractivity contribution >= 4 is 43.9 Å². The van der Waals surface area contributed by atoms with Crippen LogP contribution in [0.25, 0.3) is 71.6 Å². The minimum atomic E-state index is 0.265. The smallest absolute Gasteiger partial charge is 0.232 e. The molecule has 0 amide bonds. The van der Waals surface area contributed by atoms with Crippen LogP contribution in [-0.4, -0.2) is 21.9 Å². The first kappa shape index (κ1) is 26.0. The van der Waals surface area contributed by atoms with Gasteiger partial charge in [-0.25, -0.2) is 9.67 Å². The molecule has 6 heteroatoms. The first-order chi connectivity index (χ1) is 21.6. The molecule has 0 saturated heterocycles. The van der Waals surface area contributed by atoms with Crippen molar-refractivity contribution < 1.29 is 4.74 Å². The Kier molecular flexibility index (Phi) is 6.04. The van der Waals surface area contributed by atoms with Gasteiger partial charge in [-0.05, 0) is 56.6 Å². The zero-order valence-corrected chi connectivity index (χ0v) is 24.4. The molecule has 0 radical (unpaired) electrons. The number of nitrogens with zero attached hydrogens (tertiary/aromatic N) is 4. The highest BCUT2D eigenvalue weighted by Gasteiger charge is 2.24. The van der Waals surface area contributed by atoms with Crippen molar-refractivity contribution in [2.75, 3.05) is 7.11 Å². The lowest BCUT2D eigenvalue weighted by Crippen LogP contribution is -1.98. The van der Waals surface area contributed by atoms with Crippen LogP contribution < -0.4 is 4.74 Å². The number of nitriles is 1. The molecule has 0 bridgehead atoms. The van der Waals surface area contributed by atoms with Crippen molar-refractivity contribution in [1.82, 2.24) is 14.8 Å². The van der Waals surface area contributed by atoms with Gasteiger partial charge in [-0.3, -0.25) is 0 Å². The van der Waals surface area contributed by atoms with E-state index < -0.39 is 0 Å². The van der Waals surface area contributed by atoms with E-state index >= 15 is 0 Å². The molecular weight excluding hydrogens is 564 g/mol. The van der Waals surface area contributed by atoms with E-state index in [0.717, 1.165) is 33.5 Å². The fraction of sp³-hybridized carbons (Fsp3) is 0.0263. The van der Waals surface area contributed by atoms with Crippen LogP contribution in [0.3, 0.4) is 0 Å². The number of hydrogen-bond donors (Lipinski definition) is 0. The first-order valence-electron chi connectivity index (χ1n) is 14.2. The summed E-state index contributed by atoms with van der Waals surface area (Å²) in [5.41, 5.74) is 5.96. The second-order valence-electron chi connectivity index (χ2n) is 10.7. The minimum Gasteiger partial charge on any atom is -0.480 e. The summed E-state index contributed by atoms with van der Waals surface area (Å²) < 4.78 is 7.51. The fourth-order valence-electron chi connectivity index (χ4n) is 6.21. The summed E-state index contributed by atoms with van der Waals surface area (Å²) in [6, 6.07) is 41.2. The highest BCUT2D eigenvalue weighted by Crippen LogP contribution is 2.43. The fourth-order valence-corrected chi connectivity index (χ4v) is 6.39. The van der Waals surface area contributed by atoms with Gasteiger partial charge in [0.15, 0.2) is 0 Å². The van der Waals surface area contributed by atoms with E-state index in [9.17, 15) is 5.26 Å². The SMILES string of the molecule is COc1nc(-c2ccccc2)cc(-c2cn(-c3cccc(Cl)c3)nc2-c2ccc3ccc4cccc5ccc2c3c45)c1C#N. The van der Waals surface area contributed by atoms with Crippen LogP contribution in [-0.2, 0) is 0 Å². The van der Waals surface area contributed by atoms with Gasteiger partial charge in [-0.2, -0.15) is 10.4 Å². The van der Waals surface area contributed by atoms with Crippen molar-refractivity contribution in [3.05, 3.63) is 132 Å². The van der Waals surface area contributed by atoms with Gasteiger partial charge in [0.25, 0.3) is 0 Å². The molecule has 44 heavy (non-hydrogen) atoms. The van der Waals surface area contributed by atoms with Crippen LogP contribution in [0.15, 0.2) is 121 Å². The Labute approximate surface area is 258 Å². The molecule has 2 aromatic heterocycles. The summed E-state index contributed by atoms with van der Waals surface area (Å²) >= 11 is 6.41. The predicted octanol–water partition coefficient (Wildman–Crippen LogP) is 9.70. The largest absolute Gasteiger partial charge is 0.480 e. The second-order valence-corrected chi connectivity index (χ2v) is 11.1. The average molecular weight is 587 g/mol. The van der Waals surface area contributed by atoms with Crippen molar-refractivity contribution in [3.63, 3.8) is 0 Å². The van der Waals surface area contributed by atoms with Crippen LogP contribution in [0.1, 0.15) is 5.56 Å². The van der Waals surface area contributed by atoms with Crippen LogP contribution in [0.4, 0.5) is 0 Å². The van der Waals surface area contributed by atoms with Crippen LogP contribution >= 0.6 is 11.6 Å². The molecule has 0 saturated carbocycles. The van der Waals surface area contributed by atoms with Gasteiger partial charge in [0.05, 0.1) is 18.5 Å². The maximum Gasteiger partial charge on any atom is 0.232 e. The Balaban J connectivity index is 1.47. The monoisotopic (exact) mass is 586 g/mol. The van der Waals surface area contributed by atoms with E-state index in [2.05, 4.69) is 60.7 Å². The van der Waals surface area contributed by atoms with Crippen LogP contribution in [0, 0.1) is 11.3 Å². The van der Waals surface area contributed by atoms with Crippen LogP contribution in [0.2, 0.25) is 5.02 Å². The molecule has 2 heterocycles. The van der Waals surface area contributed by atoms with Gasteiger partial charge in [-0.15, -0.1) is 0 Å². The molecule has 0 aliphatic heterocycles. The highest BCUT2D eigenvalue weighted by atomic mass is 35.5. The Bertz CT molecular complexity index is 2390. The molecule has 5 nitrogen and oxygen atoms in total. The van der Waals surface area contributed by atoms with E-state index in [4.69, 9.17) is 26.4 Å². The van der Waals surface area contributed by atoms with Gasteiger partial charge in [0.1, 0.15) is 17.3 Å². The van der Waals surface area contributed by atoms with Crippen molar-refractivity contribution in [2.24, 2.45) is 0 Å². The third-order valence-electron chi connectivity index (χ3n) is 8.22. The van der Waals surface area contributed by atoms with E-state index in [-0.39, 0.29) is 5.88 Å². The third-order valence-corrected chi connectivity index (χ3v) is 8.46. The summed E-state index contributed by atoms with van der Waals surface area (Å²) in [5, 5.41) is 23.3. The molecule has 0 aliphatic rings. The summed E-state index contributed by atoms with van der Waals surface area (Å²) in [6.07, 6.45) is 1.96. The van der Waals surface area contributed by atoms with E-state index in [1.807, 2.05) is 71.5 Å². The van der Waals surface area contributed by atoms with Gasteiger partial charge in [0.2, 0.25) is 5.88 Å². The number of methoxy groups -OCH3 is 1. The van der Waals surface area contributed by atoms with E-state index in [0.29, 0.717) is 21.8 Å². The number of hydrogen-bond acceptors (Lipinski definition) is 4. The number of aromatic nitrogens is 3. The third kappa shape index (κ3) is 4.08. The molecule has 0 aliphatic carbocycles. The summed E-state index contributed by atoms with van der Waals surface area (Å²) in [6.45, 7) is 0. The molecule has 0 atom stereocenters. The summed E-state index contributed by atoms with van der Waals surface area (Å²) in [7, 11) is 1.54. The van der Waals surface area contributed by atoms with E-state index in [1.165, 1.54) is 26.9 Å². The highest BCUT2D eigenvalue weighted by molar-refractivity contribution is 6.30. The van der Waals surface area contributed by atoms with Gasteiger partial charge in [-0.1, -0.05) is 103 Å². The molecule has 6 aromatic carbocycles. The summed E-state index contributed by atoms with van der Waals surface area (Å²) in [4.78, 5) is 4.71. The number of rotatable bonds is 5. The van der Waals surface area contributed by atoms with Gasteiger partial charge in [0, 0.05) is 33.5 Å². The number of ether oxygens (including phenoxy) is 1. The molecule has 0 spiro atoms. The topological polar surface area (TPSA) is 63.7 Å². The zero-order chi connectivity index (χ0) is 29.8. The van der Waals surface area contributed by atoms with Gasteiger partial charge >= 0.3 is 0 Å². The summed E-state index contributed by atoms with van der Waals surface area (Å²) in [5.74, 6) is 0.265. The van der Waals surface area contributed by atoms with Crippen LogP contribution in [0.5, 0.6) is 5.88 Å². The Hall–Kier alpha value is -5.70. The number of pyridine rings is 1. The van der Waals surface area contributed by atoms with Gasteiger partial charge < -0.3 is 4.74 Å². The zero-order valence-electron chi connectivity index (χ0n) is 23.6. The molecule has 8 aromatic rings. The standard InChI is InChI=1S/C38H23ClN4O/c1-44-38-32(21-40)31(20-34(41-38)23-7-3-2-4-8-23)33-22-43(28-12-6-11-27(39)19-28)42-37(33)30-18-16-26-14-13-24-9-5-10-25-15-17-29(30)36(26)35(24)25/h2-20,22H,1H3. The number of halogens is 1. The lowest BCUT2D eigenvalue weighted by molar-refractivity contribution is 0.397. The number of benzene rings is 6. The predicted molar refractivity (Wildman–Crippen MR) is 178 cm³/mol. The minimum absolute atomic E-state index is 0.265. The lowest BCUT2D eigenvalue weighted by Gasteiger charge is -2.15.